The van der Waals surface area contributed by atoms with E-state index in [4.69, 9.17) is 20.6 Å². The van der Waals surface area contributed by atoms with Crippen LogP contribution in [0.2, 0.25) is 5.02 Å². The maximum Gasteiger partial charge on any atom is 0.276 e. The minimum absolute atomic E-state index is 0.0376. The zero-order valence-electron chi connectivity index (χ0n) is 14.5. The van der Waals surface area contributed by atoms with Gasteiger partial charge in [0.1, 0.15) is 5.76 Å². The zero-order chi connectivity index (χ0) is 18.3. The standard InChI is InChI=1S/C19H18ClN3O3/c1-11-18(12(2)25-21-11)16-4-3-9-23(16)19(24)15-10-17(26-22-15)13-5-7-14(20)8-6-13/h5-8,10,16H,3-4,9H2,1-2H3. The Morgan fingerprint density at radius 2 is 1.96 bits per heavy atom. The highest BCUT2D eigenvalue weighted by Crippen LogP contribution is 2.36. The van der Waals surface area contributed by atoms with Crippen LogP contribution in [-0.2, 0) is 0 Å². The quantitative estimate of drug-likeness (QED) is 0.673. The number of hydrogen-bond acceptors (Lipinski definition) is 5. The van der Waals surface area contributed by atoms with Crippen molar-refractivity contribution >= 4 is 17.5 Å². The van der Waals surface area contributed by atoms with E-state index in [1.54, 1.807) is 18.2 Å². The second kappa shape index (κ2) is 6.61. The van der Waals surface area contributed by atoms with Crippen molar-refractivity contribution in [2.24, 2.45) is 0 Å². The van der Waals surface area contributed by atoms with Gasteiger partial charge in [0, 0.05) is 28.8 Å². The van der Waals surface area contributed by atoms with Gasteiger partial charge in [-0.3, -0.25) is 4.79 Å². The molecule has 3 heterocycles. The summed E-state index contributed by atoms with van der Waals surface area (Å²) in [5.41, 5.74) is 2.95. The normalized spacial score (nSPS) is 17.0. The van der Waals surface area contributed by atoms with E-state index in [1.807, 2.05) is 30.9 Å². The third kappa shape index (κ3) is 2.90. The lowest BCUT2D eigenvalue weighted by molar-refractivity contribution is 0.0724. The van der Waals surface area contributed by atoms with Gasteiger partial charge in [-0.2, -0.15) is 0 Å². The molecule has 0 aliphatic carbocycles. The molecule has 1 aromatic carbocycles. The monoisotopic (exact) mass is 371 g/mol. The van der Waals surface area contributed by atoms with Gasteiger partial charge in [0.15, 0.2) is 11.5 Å². The number of halogens is 1. The van der Waals surface area contributed by atoms with Crippen molar-refractivity contribution in [3.63, 3.8) is 0 Å². The summed E-state index contributed by atoms with van der Waals surface area (Å²) in [6.07, 6.45) is 1.82. The van der Waals surface area contributed by atoms with Crippen LogP contribution in [0.15, 0.2) is 39.4 Å². The van der Waals surface area contributed by atoms with Gasteiger partial charge < -0.3 is 13.9 Å². The molecule has 0 radical (unpaired) electrons. The lowest BCUT2D eigenvalue weighted by atomic mass is 10.0. The van der Waals surface area contributed by atoms with E-state index in [2.05, 4.69) is 10.3 Å². The van der Waals surface area contributed by atoms with Crippen LogP contribution in [-0.4, -0.2) is 27.7 Å². The van der Waals surface area contributed by atoms with Crippen molar-refractivity contribution in [2.75, 3.05) is 6.54 Å². The second-order valence-corrected chi connectivity index (χ2v) is 6.91. The van der Waals surface area contributed by atoms with Gasteiger partial charge in [-0.1, -0.05) is 21.9 Å². The lowest BCUT2D eigenvalue weighted by Gasteiger charge is -2.23. The van der Waals surface area contributed by atoms with Gasteiger partial charge in [0.05, 0.1) is 11.7 Å². The van der Waals surface area contributed by atoms with E-state index in [0.29, 0.717) is 23.0 Å². The predicted molar refractivity (Wildman–Crippen MR) is 95.9 cm³/mol. The summed E-state index contributed by atoms with van der Waals surface area (Å²) >= 11 is 5.91. The van der Waals surface area contributed by atoms with Gasteiger partial charge in [-0.05, 0) is 51.0 Å². The molecule has 1 saturated heterocycles. The number of nitrogens with zero attached hydrogens (tertiary/aromatic N) is 3. The average Bonchev–Trinajstić information content (AvgIpc) is 3.35. The Morgan fingerprint density at radius 3 is 2.65 bits per heavy atom. The number of benzene rings is 1. The summed E-state index contributed by atoms with van der Waals surface area (Å²) in [4.78, 5) is 14.8. The molecular weight excluding hydrogens is 354 g/mol. The van der Waals surface area contributed by atoms with E-state index in [1.165, 1.54) is 0 Å². The Balaban J connectivity index is 1.60. The molecule has 3 aromatic rings. The average molecular weight is 372 g/mol. The molecule has 6 nitrogen and oxygen atoms in total. The van der Waals surface area contributed by atoms with Gasteiger partial charge in [0.2, 0.25) is 0 Å². The zero-order valence-corrected chi connectivity index (χ0v) is 15.3. The molecule has 0 saturated carbocycles. The first-order valence-corrected chi connectivity index (χ1v) is 8.89. The molecule has 1 unspecified atom stereocenters. The largest absolute Gasteiger partial charge is 0.361 e. The summed E-state index contributed by atoms with van der Waals surface area (Å²) < 4.78 is 10.7. The van der Waals surface area contributed by atoms with Crippen molar-refractivity contribution in [3.8, 4) is 11.3 Å². The Labute approximate surface area is 155 Å². The molecule has 0 N–H and O–H groups in total. The summed E-state index contributed by atoms with van der Waals surface area (Å²) in [5.74, 6) is 1.16. The van der Waals surface area contributed by atoms with Crippen molar-refractivity contribution in [1.29, 1.82) is 0 Å². The fourth-order valence-electron chi connectivity index (χ4n) is 3.55. The summed E-state index contributed by atoms with van der Waals surface area (Å²) in [7, 11) is 0. The van der Waals surface area contributed by atoms with Crippen LogP contribution < -0.4 is 0 Å². The molecule has 7 heteroatoms. The smallest absolute Gasteiger partial charge is 0.276 e. The molecular formula is C19H18ClN3O3. The number of carbonyl (C=O) groups is 1. The molecule has 0 bridgehead atoms. The summed E-state index contributed by atoms with van der Waals surface area (Å²) in [6, 6.07) is 8.85. The number of amides is 1. The Hall–Kier alpha value is -2.60. The van der Waals surface area contributed by atoms with E-state index in [0.717, 1.165) is 35.4 Å². The highest BCUT2D eigenvalue weighted by atomic mass is 35.5. The van der Waals surface area contributed by atoms with Gasteiger partial charge in [-0.15, -0.1) is 0 Å². The molecule has 1 aliphatic rings. The number of hydrogen-bond donors (Lipinski definition) is 0. The number of likely N-dealkylation sites (tertiary alicyclic amines) is 1. The molecule has 4 rings (SSSR count). The number of rotatable bonds is 3. The minimum Gasteiger partial charge on any atom is -0.361 e. The first-order valence-electron chi connectivity index (χ1n) is 8.51. The maximum absolute atomic E-state index is 13.0. The van der Waals surface area contributed by atoms with E-state index in [-0.39, 0.29) is 11.9 Å². The van der Waals surface area contributed by atoms with Crippen molar-refractivity contribution < 1.29 is 13.8 Å². The number of aryl methyl sites for hydroxylation is 2. The molecule has 1 aliphatic heterocycles. The first-order chi connectivity index (χ1) is 12.5. The Kier molecular flexibility index (Phi) is 4.28. The van der Waals surface area contributed by atoms with Crippen LogP contribution in [0.5, 0.6) is 0 Å². The third-order valence-corrected chi connectivity index (χ3v) is 5.05. The number of carbonyl (C=O) groups excluding carboxylic acids is 1. The van der Waals surface area contributed by atoms with Crippen LogP contribution in [0.25, 0.3) is 11.3 Å². The maximum atomic E-state index is 13.0. The van der Waals surface area contributed by atoms with Crippen LogP contribution in [0, 0.1) is 13.8 Å². The minimum atomic E-state index is -0.142. The van der Waals surface area contributed by atoms with E-state index in [9.17, 15) is 4.79 Å². The van der Waals surface area contributed by atoms with Crippen LogP contribution in [0.4, 0.5) is 0 Å². The molecule has 1 fully saturated rings. The van der Waals surface area contributed by atoms with Crippen LogP contribution >= 0.6 is 11.6 Å². The number of aromatic nitrogens is 2. The molecule has 0 spiro atoms. The summed E-state index contributed by atoms with van der Waals surface area (Å²) in [6.45, 7) is 4.46. The van der Waals surface area contributed by atoms with Crippen LogP contribution in [0.1, 0.15) is 46.4 Å². The van der Waals surface area contributed by atoms with Gasteiger partial charge >= 0.3 is 0 Å². The van der Waals surface area contributed by atoms with E-state index < -0.39 is 0 Å². The van der Waals surface area contributed by atoms with Gasteiger partial charge in [0.25, 0.3) is 5.91 Å². The molecule has 26 heavy (non-hydrogen) atoms. The molecule has 134 valence electrons. The Bertz CT molecular complexity index is 926. The van der Waals surface area contributed by atoms with Gasteiger partial charge in [-0.25, -0.2) is 0 Å². The highest BCUT2D eigenvalue weighted by Gasteiger charge is 2.35. The predicted octanol–water partition coefficient (Wildman–Crippen LogP) is 4.58. The fourth-order valence-corrected chi connectivity index (χ4v) is 3.68. The fraction of sp³-hybridized carbons (Fsp3) is 0.316. The second-order valence-electron chi connectivity index (χ2n) is 6.48. The molecule has 2 aromatic heterocycles. The Morgan fingerprint density at radius 1 is 1.19 bits per heavy atom. The lowest BCUT2D eigenvalue weighted by Crippen LogP contribution is -2.31. The first kappa shape index (κ1) is 16.8. The van der Waals surface area contributed by atoms with E-state index >= 15 is 0 Å². The molecule has 1 amide bonds. The highest BCUT2D eigenvalue weighted by molar-refractivity contribution is 6.30. The van der Waals surface area contributed by atoms with Crippen molar-refractivity contribution in [3.05, 3.63) is 58.1 Å². The van der Waals surface area contributed by atoms with Crippen molar-refractivity contribution in [1.82, 2.24) is 15.2 Å². The van der Waals surface area contributed by atoms with Crippen LogP contribution in [0.3, 0.4) is 0 Å². The topological polar surface area (TPSA) is 72.4 Å². The third-order valence-electron chi connectivity index (χ3n) is 4.79. The van der Waals surface area contributed by atoms with Crippen molar-refractivity contribution in [2.45, 2.75) is 32.7 Å². The SMILES string of the molecule is Cc1noc(C)c1C1CCCN1C(=O)c1cc(-c2ccc(Cl)cc2)on1. The summed E-state index contributed by atoms with van der Waals surface area (Å²) in [5, 5.41) is 8.64. The molecule has 1 atom stereocenters.